The Morgan fingerprint density at radius 2 is 2.00 bits per heavy atom. The van der Waals surface area contributed by atoms with E-state index in [0.717, 1.165) is 50.7 Å². The smallest absolute Gasteiger partial charge is 0.191 e. The molecule has 0 aliphatic rings. The predicted octanol–water partition coefficient (Wildman–Crippen LogP) is 2.88. The first-order chi connectivity index (χ1) is 10.3. The first-order valence-electron chi connectivity index (χ1n) is 8.35. The third kappa shape index (κ3) is 7.48. The molecule has 5 heteroatoms. The second kappa shape index (κ2) is 8.81. The molecule has 0 bridgehead atoms. The van der Waals surface area contributed by atoms with Crippen molar-refractivity contribution >= 4 is 5.96 Å². The van der Waals surface area contributed by atoms with Gasteiger partial charge in [0.15, 0.2) is 5.96 Å². The molecule has 2 N–H and O–H groups in total. The maximum absolute atomic E-state index is 4.64. The van der Waals surface area contributed by atoms with Crippen molar-refractivity contribution in [2.24, 2.45) is 10.4 Å². The zero-order valence-electron chi connectivity index (χ0n) is 15.2. The number of aryl methyl sites for hydroxylation is 3. The maximum Gasteiger partial charge on any atom is 0.191 e. The molecule has 1 heterocycles. The molecule has 22 heavy (non-hydrogen) atoms. The van der Waals surface area contributed by atoms with Crippen LogP contribution in [0.25, 0.3) is 0 Å². The molecule has 1 aromatic heterocycles. The Balaban J connectivity index is 2.37. The molecule has 0 radical (unpaired) electrons. The molecule has 0 aliphatic carbocycles. The molecule has 126 valence electrons. The molecular formula is C17H33N5. The Bertz CT molecular complexity index is 468. The van der Waals surface area contributed by atoms with Crippen LogP contribution >= 0.6 is 0 Å². The maximum atomic E-state index is 4.64. The minimum absolute atomic E-state index is 0.347. The van der Waals surface area contributed by atoms with Crippen LogP contribution in [0.3, 0.4) is 0 Å². The largest absolute Gasteiger partial charge is 0.357 e. The van der Waals surface area contributed by atoms with Crippen molar-refractivity contribution < 1.29 is 0 Å². The van der Waals surface area contributed by atoms with Crippen molar-refractivity contribution in [1.29, 1.82) is 0 Å². The Morgan fingerprint density at radius 1 is 1.27 bits per heavy atom. The zero-order chi connectivity index (χ0) is 16.6. The Kier molecular flexibility index (Phi) is 7.42. The monoisotopic (exact) mass is 307 g/mol. The normalized spacial score (nSPS) is 12.5. The van der Waals surface area contributed by atoms with E-state index in [1.165, 1.54) is 5.69 Å². The van der Waals surface area contributed by atoms with Gasteiger partial charge in [-0.15, -0.1) is 0 Å². The molecule has 0 fully saturated rings. The average Bonchev–Trinajstić information content (AvgIpc) is 2.71. The Labute approximate surface area is 135 Å². The summed E-state index contributed by atoms with van der Waals surface area (Å²) in [6.07, 6.45) is 2.13. The zero-order valence-corrected chi connectivity index (χ0v) is 15.2. The summed E-state index contributed by atoms with van der Waals surface area (Å²) >= 11 is 0. The van der Waals surface area contributed by atoms with Crippen LogP contribution in [-0.2, 0) is 6.54 Å². The lowest BCUT2D eigenvalue weighted by Gasteiger charge is -2.19. The van der Waals surface area contributed by atoms with Crippen LogP contribution in [0.15, 0.2) is 11.1 Å². The van der Waals surface area contributed by atoms with E-state index in [2.05, 4.69) is 66.1 Å². The molecule has 1 rings (SSSR count). The van der Waals surface area contributed by atoms with Crippen LogP contribution in [0.5, 0.6) is 0 Å². The first-order valence-corrected chi connectivity index (χ1v) is 8.35. The second-order valence-electron chi connectivity index (χ2n) is 7.00. The van der Waals surface area contributed by atoms with Gasteiger partial charge in [0.05, 0.1) is 5.69 Å². The number of rotatable bonds is 7. The van der Waals surface area contributed by atoms with Crippen molar-refractivity contribution in [3.05, 3.63) is 17.5 Å². The fraction of sp³-hybridized carbons (Fsp3) is 0.765. The molecule has 0 aliphatic heterocycles. The van der Waals surface area contributed by atoms with E-state index in [1.54, 1.807) is 0 Å². The molecule has 0 unspecified atom stereocenters. The van der Waals surface area contributed by atoms with Crippen molar-refractivity contribution in [2.45, 2.75) is 60.9 Å². The van der Waals surface area contributed by atoms with Gasteiger partial charge >= 0.3 is 0 Å². The summed E-state index contributed by atoms with van der Waals surface area (Å²) in [6, 6.07) is 2.11. The van der Waals surface area contributed by atoms with E-state index in [-0.39, 0.29) is 0 Å². The lowest BCUT2D eigenvalue weighted by molar-refractivity contribution is 0.377. The summed E-state index contributed by atoms with van der Waals surface area (Å²) in [4.78, 5) is 4.64. The number of aromatic nitrogens is 2. The SMILES string of the molecule is CCNC(=NCCCn1nc(C)cc1C)NCCC(C)(C)C. The van der Waals surface area contributed by atoms with Crippen molar-refractivity contribution in [3.8, 4) is 0 Å². The molecule has 0 saturated carbocycles. The standard InChI is InChI=1S/C17H33N5/c1-7-18-16(20-11-9-17(4,5)6)19-10-8-12-22-15(3)13-14(2)21-22/h13H,7-12H2,1-6H3,(H2,18,19,20). The van der Waals surface area contributed by atoms with Crippen LogP contribution in [0, 0.1) is 19.3 Å². The van der Waals surface area contributed by atoms with E-state index < -0.39 is 0 Å². The predicted molar refractivity (Wildman–Crippen MR) is 94.4 cm³/mol. The van der Waals surface area contributed by atoms with Gasteiger partial charge in [-0.2, -0.15) is 5.10 Å². The van der Waals surface area contributed by atoms with Gasteiger partial charge in [-0.3, -0.25) is 9.67 Å². The van der Waals surface area contributed by atoms with E-state index in [0.29, 0.717) is 5.41 Å². The molecular weight excluding hydrogens is 274 g/mol. The molecule has 0 atom stereocenters. The number of nitrogens with one attached hydrogen (secondary N) is 2. The summed E-state index contributed by atoms with van der Waals surface area (Å²) < 4.78 is 2.06. The van der Waals surface area contributed by atoms with Crippen LogP contribution in [0.1, 0.15) is 51.9 Å². The first kappa shape index (κ1) is 18.5. The van der Waals surface area contributed by atoms with Gasteiger partial charge in [0, 0.05) is 31.9 Å². The highest BCUT2D eigenvalue weighted by Gasteiger charge is 2.09. The van der Waals surface area contributed by atoms with Crippen molar-refractivity contribution in [2.75, 3.05) is 19.6 Å². The van der Waals surface area contributed by atoms with Crippen LogP contribution < -0.4 is 10.6 Å². The summed E-state index contributed by atoms with van der Waals surface area (Å²) in [7, 11) is 0. The highest BCUT2D eigenvalue weighted by Crippen LogP contribution is 2.16. The fourth-order valence-electron chi connectivity index (χ4n) is 2.21. The number of hydrogen-bond donors (Lipinski definition) is 2. The number of aliphatic imine (C=N–C) groups is 1. The van der Waals surface area contributed by atoms with Gasteiger partial charge in [-0.1, -0.05) is 20.8 Å². The van der Waals surface area contributed by atoms with Gasteiger partial charge in [-0.05, 0) is 45.1 Å². The molecule has 0 spiro atoms. The lowest BCUT2D eigenvalue weighted by Crippen LogP contribution is -2.38. The average molecular weight is 307 g/mol. The summed E-state index contributed by atoms with van der Waals surface area (Å²) in [5.74, 6) is 0.917. The van der Waals surface area contributed by atoms with Gasteiger partial charge in [0.25, 0.3) is 0 Å². The number of nitrogens with zero attached hydrogens (tertiary/aromatic N) is 3. The van der Waals surface area contributed by atoms with Crippen molar-refractivity contribution in [3.63, 3.8) is 0 Å². The summed E-state index contributed by atoms with van der Waals surface area (Å²) in [5.41, 5.74) is 2.65. The summed E-state index contributed by atoms with van der Waals surface area (Å²) in [5, 5.41) is 11.2. The third-order valence-corrected chi connectivity index (χ3v) is 3.41. The van der Waals surface area contributed by atoms with Crippen LogP contribution in [-0.4, -0.2) is 35.4 Å². The Hall–Kier alpha value is -1.52. The van der Waals surface area contributed by atoms with Gasteiger partial charge < -0.3 is 10.6 Å². The molecule has 0 amide bonds. The van der Waals surface area contributed by atoms with Crippen LogP contribution in [0.2, 0.25) is 0 Å². The van der Waals surface area contributed by atoms with E-state index >= 15 is 0 Å². The minimum Gasteiger partial charge on any atom is -0.357 e. The molecule has 0 aromatic carbocycles. The second-order valence-corrected chi connectivity index (χ2v) is 7.00. The number of guanidine groups is 1. The number of hydrogen-bond acceptors (Lipinski definition) is 2. The Morgan fingerprint density at radius 3 is 2.55 bits per heavy atom. The van der Waals surface area contributed by atoms with Crippen LogP contribution in [0.4, 0.5) is 0 Å². The quantitative estimate of drug-likeness (QED) is 0.463. The summed E-state index contributed by atoms with van der Waals surface area (Å²) in [6.45, 7) is 16.6. The highest BCUT2D eigenvalue weighted by molar-refractivity contribution is 5.79. The fourth-order valence-corrected chi connectivity index (χ4v) is 2.21. The van der Waals surface area contributed by atoms with Gasteiger partial charge in [0.2, 0.25) is 0 Å². The van der Waals surface area contributed by atoms with Crippen molar-refractivity contribution in [1.82, 2.24) is 20.4 Å². The lowest BCUT2D eigenvalue weighted by atomic mass is 9.92. The van der Waals surface area contributed by atoms with Gasteiger partial charge in [0.1, 0.15) is 0 Å². The van der Waals surface area contributed by atoms with Gasteiger partial charge in [-0.25, -0.2) is 0 Å². The van der Waals surface area contributed by atoms with E-state index in [1.807, 2.05) is 6.92 Å². The third-order valence-electron chi connectivity index (χ3n) is 3.41. The topological polar surface area (TPSA) is 54.2 Å². The molecule has 1 aromatic rings. The molecule has 0 saturated heterocycles. The van der Waals surface area contributed by atoms with E-state index in [9.17, 15) is 0 Å². The minimum atomic E-state index is 0.347. The van der Waals surface area contributed by atoms with E-state index in [4.69, 9.17) is 0 Å². The molecule has 5 nitrogen and oxygen atoms in total. The highest BCUT2D eigenvalue weighted by atomic mass is 15.3.